The fourth-order valence-corrected chi connectivity index (χ4v) is 5.42. The lowest BCUT2D eigenvalue weighted by Crippen LogP contribution is -2.50. The van der Waals surface area contributed by atoms with E-state index >= 15 is 0 Å². The van der Waals surface area contributed by atoms with Gasteiger partial charge in [0, 0.05) is 47.1 Å². The molecule has 1 N–H and O–H groups in total. The van der Waals surface area contributed by atoms with Gasteiger partial charge in [0.2, 0.25) is 5.95 Å². The summed E-state index contributed by atoms with van der Waals surface area (Å²) >= 11 is 6.83. The molecule has 1 saturated heterocycles. The van der Waals surface area contributed by atoms with Crippen LogP contribution in [0.25, 0.3) is 11.3 Å². The lowest BCUT2D eigenvalue weighted by molar-refractivity contribution is 0.0240. The number of anilines is 3. The van der Waals surface area contributed by atoms with Crippen LogP contribution in [0.1, 0.15) is 46.2 Å². The molecular formula is C29H44ClN9O3Si. The van der Waals surface area contributed by atoms with Gasteiger partial charge in [0.25, 0.3) is 0 Å². The average Bonchev–Trinajstić information content (AvgIpc) is 3.26. The third kappa shape index (κ3) is 9.10. The van der Waals surface area contributed by atoms with Gasteiger partial charge in [-0.3, -0.25) is 0 Å². The largest absolute Gasteiger partial charge is 0.444 e. The molecular weight excluding hydrogens is 586 g/mol. The van der Waals surface area contributed by atoms with E-state index in [0.29, 0.717) is 55.4 Å². The number of hydrogen-bond donors (Lipinski definition) is 1. The van der Waals surface area contributed by atoms with Crippen LogP contribution in [-0.2, 0) is 16.2 Å². The van der Waals surface area contributed by atoms with E-state index in [1.165, 1.54) is 0 Å². The second-order valence-electron chi connectivity index (χ2n) is 13.2. The predicted octanol–water partition coefficient (Wildman–Crippen LogP) is 6.02. The molecule has 0 bridgehead atoms. The third-order valence-corrected chi connectivity index (χ3v) is 8.81. The molecule has 3 aromatic rings. The van der Waals surface area contributed by atoms with Crippen LogP contribution in [0.4, 0.5) is 22.4 Å². The summed E-state index contributed by atoms with van der Waals surface area (Å²) < 4.78 is 13.1. The zero-order valence-electron chi connectivity index (χ0n) is 26.5. The summed E-state index contributed by atoms with van der Waals surface area (Å²) in [7, 11) is -1.19. The van der Waals surface area contributed by atoms with Crippen LogP contribution < -0.4 is 10.2 Å². The Labute approximate surface area is 260 Å². The van der Waals surface area contributed by atoms with E-state index in [9.17, 15) is 4.79 Å². The van der Waals surface area contributed by atoms with Crippen molar-refractivity contribution < 1.29 is 14.3 Å². The number of nitrogens with zero attached hydrogens (tertiary/aromatic N) is 8. The Morgan fingerprint density at radius 3 is 2.42 bits per heavy atom. The van der Waals surface area contributed by atoms with Gasteiger partial charge in [0.05, 0.1) is 29.3 Å². The maximum atomic E-state index is 12.4. The number of aromatic nitrogens is 6. The highest BCUT2D eigenvalue weighted by Crippen LogP contribution is 2.34. The zero-order chi connectivity index (χ0) is 31.4. The number of carbonyl (C=O) groups is 1. The molecule has 3 aromatic heterocycles. The number of rotatable bonds is 10. The van der Waals surface area contributed by atoms with E-state index in [1.807, 2.05) is 26.8 Å². The first-order valence-corrected chi connectivity index (χ1v) is 18.8. The van der Waals surface area contributed by atoms with Crippen molar-refractivity contribution in [3.63, 3.8) is 0 Å². The van der Waals surface area contributed by atoms with Gasteiger partial charge < -0.3 is 24.6 Å². The minimum Gasteiger partial charge on any atom is -0.444 e. The van der Waals surface area contributed by atoms with Crippen LogP contribution in [-0.4, -0.2) is 87.2 Å². The van der Waals surface area contributed by atoms with Crippen molar-refractivity contribution >= 4 is 43.4 Å². The van der Waals surface area contributed by atoms with Crippen LogP contribution in [0.5, 0.6) is 0 Å². The number of nitrogens with one attached hydrogen (secondary N) is 1. The molecule has 1 aliphatic rings. The van der Waals surface area contributed by atoms with Gasteiger partial charge in [-0.25, -0.2) is 29.4 Å². The summed E-state index contributed by atoms with van der Waals surface area (Å²) in [6.07, 6.45) is 4.74. The summed E-state index contributed by atoms with van der Waals surface area (Å²) in [5.41, 5.74) is 1.76. The Bertz CT molecular complexity index is 1380. The molecule has 0 aromatic carbocycles. The summed E-state index contributed by atoms with van der Waals surface area (Å²) in [5.74, 6) is 1.74. The minimum atomic E-state index is -1.19. The van der Waals surface area contributed by atoms with E-state index in [4.69, 9.17) is 31.2 Å². The quantitative estimate of drug-likeness (QED) is 0.210. The number of halogens is 1. The van der Waals surface area contributed by atoms with Gasteiger partial charge in [-0.05, 0) is 38.8 Å². The average molecular weight is 630 g/mol. The van der Waals surface area contributed by atoms with Crippen molar-refractivity contribution in [2.75, 3.05) is 43.0 Å². The van der Waals surface area contributed by atoms with Crippen LogP contribution >= 0.6 is 11.6 Å². The van der Waals surface area contributed by atoms with E-state index in [-0.39, 0.29) is 18.7 Å². The van der Waals surface area contributed by atoms with Gasteiger partial charge in [-0.1, -0.05) is 45.1 Å². The van der Waals surface area contributed by atoms with Crippen molar-refractivity contribution in [2.45, 2.75) is 78.6 Å². The van der Waals surface area contributed by atoms with E-state index in [1.54, 1.807) is 28.2 Å². The molecule has 1 fully saturated rings. The van der Waals surface area contributed by atoms with Gasteiger partial charge >= 0.3 is 6.09 Å². The monoisotopic (exact) mass is 629 g/mol. The first-order chi connectivity index (χ1) is 20.2. The molecule has 0 atom stereocenters. The maximum absolute atomic E-state index is 12.4. The Morgan fingerprint density at radius 1 is 1.09 bits per heavy atom. The number of amides is 1. The second-order valence-corrected chi connectivity index (χ2v) is 19.1. The molecule has 4 heterocycles. The summed E-state index contributed by atoms with van der Waals surface area (Å²) in [4.78, 5) is 34.4. The van der Waals surface area contributed by atoms with Crippen molar-refractivity contribution in [2.24, 2.45) is 0 Å². The smallest absolute Gasteiger partial charge is 0.410 e. The van der Waals surface area contributed by atoms with Crippen LogP contribution in [0.15, 0.2) is 24.7 Å². The van der Waals surface area contributed by atoms with E-state index in [0.717, 1.165) is 23.1 Å². The molecule has 1 amide bonds. The summed E-state index contributed by atoms with van der Waals surface area (Å²) in [6.45, 7) is 20.1. The second kappa shape index (κ2) is 13.6. The molecule has 14 heteroatoms. The number of hydrogen-bond acceptors (Lipinski definition) is 10. The molecule has 4 rings (SSSR count). The van der Waals surface area contributed by atoms with E-state index < -0.39 is 13.7 Å². The number of ether oxygens (including phenoxy) is 2. The first kappa shape index (κ1) is 32.6. The first-order valence-electron chi connectivity index (χ1n) is 14.7. The van der Waals surface area contributed by atoms with Gasteiger partial charge in [-0.2, -0.15) is 5.10 Å². The molecule has 1 aliphatic heterocycles. The molecule has 12 nitrogen and oxygen atoms in total. The fraction of sp³-hybridized carbons (Fsp3) is 0.586. The number of piperazine rings is 1. The Balaban J connectivity index is 1.41. The normalized spacial score (nSPS) is 14.4. The molecule has 43 heavy (non-hydrogen) atoms. The third-order valence-electron chi connectivity index (χ3n) is 6.72. The standard InChI is InChI=1S/C29H44ClN9O3Si/c1-20(2)25-24(26(30)39(36-25)19-41-15-16-43(6,7)8)21-9-10-31-27(34-21)35-22-17-33-23(18-32-22)37-11-13-38(14-12-37)28(40)42-29(3,4)5/h9-10,17-18,20H,11-16,19H2,1-8H3,(H,31,32,34,35). The van der Waals surface area contributed by atoms with Crippen LogP contribution in [0.3, 0.4) is 0 Å². The lowest BCUT2D eigenvalue weighted by atomic mass is 10.0. The maximum Gasteiger partial charge on any atom is 0.410 e. The molecule has 234 valence electrons. The van der Waals surface area contributed by atoms with Crippen molar-refractivity contribution in [1.82, 2.24) is 34.6 Å². The van der Waals surface area contributed by atoms with Gasteiger partial charge in [-0.15, -0.1) is 0 Å². The van der Waals surface area contributed by atoms with Crippen LogP contribution in [0, 0.1) is 0 Å². The SMILES string of the molecule is CC(C)c1nn(COCC[Si](C)(C)C)c(Cl)c1-c1ccnc(Nc2cnc(N3CCN(C(=O)OC(C)(C)C)CC3)cn2)n1. The van der Waals surface area contributed by atoms with E-state index in [2.05, 4.69) is 58.7 Å². The summed E-state index contributed by atoms with van der Waals surface area (Å²) in [6, 6.07) is 2.90. The van der Waals surface area contributed by atoms with Crippen molar-refractivity contribution in [1.29, 1.82) is 0 Å². The Kier molecular flexibility index (Phi) is 10.3. The zero-order valence-corrected chi connectivity index (χ0v) is 28.3. The highest BCUT2D eigenvalue weighted by molar-refractivity contribution is 6.76. The Hall–Kier alpha value is -3.29. The fourth-order valence-electron chi connectivity index (χ4n) is 4.38. The van der Waals surface area contributed by atoms with Crippen molar-refractivity contribution in [3.05, 3.63) is 35.5 Å². The number of carbonyl (C=O) groups excluding carboxylic acids is 1. The lowest BCUT2D eigenvalue weighted by Gasteiger charge is -2.36. The topological polar surface area (TPSA) is 123 Å². The molecule has 0 radical (unpaired) electrons. The van der Waals surface area contributed by atoms with Crippen LogP contribution in [0.2, 0.25) is 30.8 Å². The van der Waals surface area contributed by atoms with Crippen molar-refractivity contribution in [3.8, 4) is 11.3 Å². The van der Waals surface area contributed by atoms with Gasteiger partial charge in [0.15, 0.2) is 5.82 Å². The minimum absolute atomic E-state index is 0.131. The molecule has 0 unspecified atom stereocenters. The predicted molar refractivity (Wildman–Crippen MR) is 172 cm³/mol. The molecule has 0 saturated carbocycles. The Morgan fingerprint density at radius 2 is 1.81 bits per heavy atom. The molecule has 0 spiro atoms. The molecule has 0 aliphatic carbocycles. The van der Waals surface area contributed by atoms with Gasteiger partial charge in [0.1, 0.15) is 23.3 Å². The highest BCUT2D eigenvalue weighted by atomic mass is 35.5. The summed E-state index contributed by atoms with van der Waals surface area (Å²) in [5, 5.41) is 8.38. The highest BCUT2D eigenvalue weighted by Gasteiger charge is 2.27.